The molecule has 12 nitrogen and oxygen atoms in total. The molecular weight excluding hydrogens is 513 g/mol. The average molecular weight is 543 g/mol. The standard InChI is InChI=1S/C23H29F3N6O6/c1-12(21(35)37-14-4-2-13(3-5-14)23(24,25)26)30-11-36-9-22(8-27)19(34)17(33)18(38-22)15-6-7-16-20(28)29-10-31-32(15)16/h6-7,10,12-14,17-19,30,33-34H,2-5,9,11H2,1H3,(H2,28,29,31)/t12-,13-,14-,17+,18+,19+,22-/m1/s1. The van der Waals surface area contributed by atoms with Gasteiger partial charge in [0.25, 0.3) is 0 Å². The lowest BCUT2D eigenvalue weighted by Gasteiger charge is -2.30. The molecule has 3 heterocycles. The number of aliphatic hydroxyl groups excluding tert-OH is 2. The molecule has 5 N–H and O–H groups in total. The number of ether oxygens (including phenoxy) is 3. The lowest BCUT2D eigenvalue weighted by Crippen LogP contribution is -2.47. The lowest BCUT2D eigenvalue weighted by atomic mass is 9.87. The third kappa shape index (κ3) is 5.54. The Balaban J connectivity index is 1.28. The smallest absolute Gasteiger partial charge is 0.391 e. The second-order valence-electron chi connectivity index (χ2n) is 9.55. The van der Waals surface area contributed by atoms with Crippen LogP contribution in [-0.2, 0) is 19.0 Å². The summed E-state index contributed by atoms with van der Waals surface area (Å²) in [5.74, 6) is -1.82. The van der Waals surface area contributed by atoms with Crippen molar-refractivity contribution in [3.63, 3.8) is 0 Å². The van der Waals surface area contributed by atoms with Gasteiger partial charge < -0.3 is 30.2 Å². The van der Waals surface area contributed by atoms with E-state index in [9.17, 15) is 33.4 Å². The van der Waals surface area contributed by atoms with E-state index in [1.807, 2.05) is 6.07 Å². The van der Waals surface area contributed by atoms with Crippen LogP contribution in [0.1, 0.15) is 44.4 Å². The van der Waals surface area contributed by atoms with Crippen molar-refractivity contribution in [1.29, 1.82) is 5.26 Å². The highest BCUT2D eigenvalue weighted by Gasteiger charge is 2.56. The Hall–Kier alpha value is -3.03. The number of alkyl halides is 3. The molecule has 0 bridgehead atoms. The number of hydrogen-bond acceptors (Lipinski definition) is 11. The van der Waals surface area contributed by atoms with Crippen LogP contribution in [-0.4, -0.2) is 80.2 Å². The Kier molecular flexibility index (Phi) is 8.09. The highest BCUT2D eigenvalue weighted by atomic mass is 19.4. The molecule has 2 aromatic heterocycles. The molecule has 15 heteroatoms. The van der Waals surface area contributed by atoms with Crippen LogP contribution in [0.25, 0.3) is 5.52 Å². The quantitative estimate of drug-likeness (QED) is 0.212. The number of anilines is 1. The number of nitrogens with one attached hydrogen (secondary N) is 1. The van der Waals surface area contributed by atoms with Crippen LogP contribution in [0.2, 0.25) is 0 Å². The van der Waals surface area contributed by atoms with E-state index in [1.165, 1.54) is 17.8 Å². The highest BCUT2D eigenvalue weighted by molar-refractivity contribution is 5.75. The first-order chi connectivity index (χ1) is 18.0. The van der Waals surface area contributed by atoms with Gasteiger partial charge in [-0.25, -0.2) is 9.50 Å². The molecule has 1 saturated heterocycles. The molecule has 1 aliphatic carbocycles. The molecule has 38 heavy (non-hydrogen) atoms. The largest absolute Gasteiger partial charge is 0.461 e. The number of nitrogens with two attached hydrogens (primary N) is 1. The van der Waals surface area contributed by atoms with Crippen LogP contribution < -0.4 is 11.1 Å². The zero-order valence-corrected chi connectivity index (χ0v) is 20.5. The Morgan fingerprint density at radius 2 is 2.08 bits per heavy atom. The third-order valence-corrected chi connectivity index (χ3v) is 7.02. The first-order valence-electron chi connectivity index (χ1n) is 12.1. The summed E-state index contributed by atoms with van der Waals surface area (Å²) >= 11 is 0. The van der Waals surface area contributed by atoms with E-state index in [-0.39, 0.29) is 38.2 Å². The molecule has 0 amide bonds. The van der Waals surface area contributed by atoms with Gasteiger partial charge in [0.1, 0.15) is 48.4 Å². The van der Waals surface area contributed by atoms with Crippen molar-refractivity contribution in [2.75, 3.05) is 19.1 Å². The number of nitrogens with zero attached hydrogens (tertiary/aromatic N) is 4. The molecule has 5 atom stereocenters. The first-order valence-corrected chi connectivity index (χ1v) is 12.1. The molecule has 1 saturated carbocycles. The van der Waals surface area contributed by atoms with Crippen molar-refractivity contribution in [3.05, 3.63) is 24.2 Å². The Labute approximate surface area is 215 Å². The van der Waals surface area contributed by atoms with Crippen LogP contribution in [0.4, 0.5) is 19.0 Å². The molecule has 2 aliphatic rings. The molecule has 0 unspecified atom stereocenters. The molecule has 0 spiro atoms. The molecule has 0 aromatic carbocycles. The summed E-state index contributed by atoms with van der Waals surface area (Å²) in [6.07, 6.45) is -7.75. The monoisotopic (exact) mass is 542 g/mol. The van der Waals surface area contributed by atoms with Crippen LogP contribution in [0, 0.1) is 17.2 Å². The van der Waals surface area contributed by atoms with E-state index in [0.717, 1.165) is 0 Å². The number of hydrogen-bond donors (Lipinski definition) is 4. The molecule has 2 aromatic rings. The number of rotatable bonds is 8. The van der Waals surface area contributed by atoms with Gasteiger partial charge in [0.15, 0.2) is 5.82 Å². The zero-order chi connectivity index (χ0) is 27.7. The minimum absolute atomic E-state index is 0.0862. The summed E-state index contributed by atoms with van der Waals surface area (Å²) in [6.45, 7) is 0.809. The number of esters is 1. The molecule has 2 fully saturated rings. The maximum absolute atomic E-state index is 12.8. The number of halogens is 3. The van der Waals surface area contributed by atoms with E-state index in [1.54, 1.807) is 12.1 Å². The Bertz CT molecular complexity index is 1180. The number of nitriles is 1. The van der Waals surface area contributed by atoms with E-state index in [4.69, 9.17) is 19.9 Å². The van der Waals surface area contributed by atoms with Gasteiger partial charge in [0, 0.05) is 0 Å². The van der Waals surface area contributed by atoms with Gasteiger partial charge in [-0.05, 0) is 44.7 Å². The van der Waals surface area contributed by atoms with Crippen molar-refractivity contribution in [1.82, 2.24) is 19.9 Å². The summed E-state index contributed by atoms with van der Waals surface area (Å²) in [4.78, 5) is 16.2. The number of aromatic nitrogens is 3. The van der Waals surface area contributed by atoms with E-state index in [0.29, 0.717) is 11.2 Å². The zero-order valence-electron chi connectivity index (χ0n) is 20.5. The number of nitrogen functional groups attached to an aromatic ring is 1. The summed E-state index contributed by atoms with van der Waals surface area (Å²) in [5.41, 5.74) is 4.71. The predicted molar refractivity (Wildman–Crippen MR) is 123 cm³/mol. The van der Waals surface area contributed by atoms with Gasteiger partial charge in [-0.1, -0.05) is 0 Å². The van der Waals surface area contributed by atoms with Crippen LogP contribution in [0.3, 0.4) is 0 Å². The highest BCUT2D eigenvalue weighted by Crippen LogP contribution is 2.41. The molecular formula is C23H29F3N6O6. The summed E-state index contributed by atoms with van der Waals surface area (Å²) in [5, 5.41) is 37.9. The van der Waals surface area contributed by atoms with Gasteiger partial charge in [-0.2, -0.15) is 23.5 Å². The minimum atomic E-state index is -4.24. The topological polar surface area (TPSA) is 177 Å². The maximum Gasteiger partial charge on any atom is 0.391 e. The third-order valence-electron chi connectivity index (χ3n) is 7.02. The number of aliphatic hydroxyl groups is 2. The normalized spacial score (nSPS) is 30.7. The van der Waals surface area contributed by atoms with Gasteiger partial charge in [-0.15, -0.1) is 0 Å². The van der Waals surface area contributed by atoms with E-state index < -0.39 is 60.7 Å². The SMILES string of the molecule is C[C@@H](NCOC[C@@]1(C#N)O[C@@H](c2ccc3c(N)ncnn23)[C@H](O)[C@@H]1O)C(=O)O[C@H]1CC[C@H](C(F)(F)F)CC1. The van der Waals surface area contributed by atoms with Crippen molar-refractivity contribution in [3.8, 4) is 6.07 Å². The van der Waals surface area contributed by atoms with Crippen LogP contribution in [0.15, 0.2) is 18.5 Å². The molecule has 1 aliphatic heterocycles. The fraction of sp³-hybridized carbons (Fsp3) is 0.652. The average Bonchev–Trinajstić information content (AvgIpc) is 3.42. The molecule has 0 radical (unpaired) electrons. The van der Waals surface area contributed by atoms with Crippen molar-refractivity contribution in [2.45, 2.75) is 74.8 Å². The van der Waals surface area contributed by atoms with Crippen molar-refractivity contribution < 1.29 is 42.4 Å². The van der Waals surface area contributed by atoms with E-state index in [2.05, 4.69) is 15.4 Å². The summed E-state index contributed by atoms with van der Waals surface area (Å²) in [6, 6.07) is 4.21. The number of carbonyl (C=O) groups is 1. The van der Waals surface area contributed by atoms with Crippen molar-refractivity contribution in [2.24, 2.45) is 5.92 Å². The van der Waals surface area contributed by atoms with Crippen molar-refractivity contribution >= 4 is 17.3 Å². The van der Waals surface area contributed by atoms with Gasteiger partial charge in [0.2, 0.25) is 5.60 Å². The minimum Gasteiger partial charge on any atom is -0.461 e. The molecule has 208 valence electrons. The molecule has 4 rings (SSSR count). The second kappa shape index (κ2) is 11.0. The lowest BCUT2D eigenvalue weighted by molar-refractivity contribution is -0.189. The van der Waals surface area contributed by atoms with Crippen LogP contribution in [0.5, 0.6) is 0 Å². The fourth-order valence-corrected chi connectivity index (χ4v) is 4.72. The summed E-state index contributed by atoms with van der Waals surface area (Å²) < 4.78 is 56.4. The van der Waals surface area contributed by atoms with Gasteiger partial charge in [0.05, 0.1) is 24.9 Å². The van der Waals surface area contributed by atoms with Gasteiger partial charge >= 0.3 is 12.1 Å². The van der Waals surface area contributed by atoms with E-state index >= 15 is 0 Å². The number of carbonyl (C=O) groups excluding carboxylic acids is 1. The number of fused-ring (bicyclic) bond motifs is 1. The maximum atomic E-state index is 12.8. The predicted octanol–water partition coefficient (Wildman–Crippen LogP) is 0.983. The second-order valence-corrected chi connectivity index (χ2v) is 9.55. The van der Waals surface area contributed by atoms with Gasteiger partial charge in [-0.3, -0.25) is 10.1 Å². The fourth-order valence-electron chi connectivity index (χ4n) is 4.72. The van der Waals surface area contributed by atoms with Crippen LogP contribution >= 0.6 is 0 Å². The Morgan fingerprint density at radius 3 is 2.74 bits per heavy atom. The first kappa shape index (κ1) is 28.0. The Morgan fingerprint density at radius 1 is 1.37 bits per heavy atom. The summed E-state index contributed by atoms with van der Waals surface area (Å²) in [7, 11) is 0.